The third-order valence-electron chi connectivity index (χ3n) is 2.22. The van der Waals surface area contributed by atoms with Gasteiger partial charge in [0.2, 0.25) is 5.91 Å². The summed E-state index contributed by atoms with van der Waals surface area (Å²) in [5.41, 5.74) is 0. The molecule has 0 unspecified atom stereocenters. The van der Waals surface area contributed by atoms with Crippen LogP contribution < -0.4 is 0 Å². The van der Waals surface area contributed by atoms with Gasteiger partial charge in [-0.3, -0.25) is 4.79 Å². The standard InChI is InChI=1S/C8H15NO2.C3H8.C2H6/c1-7(10)9-5-3-8(11-2)4-6-9;1-3-2;1-2/h8H,3-6H2,1-2H3;3H2,1-2H3;1-2H3. The maximum Gasteiger partial charge on any atom is 0.219 e. The number of ether oxygens (including phenoxy) is 1. The van der Waals surface area contributed by atoms with E-state index in [0.29, 0.717) is 6.10 Å². The zero-order valence-corrected chi connectivity index (χ0v) is 11.9. The van der Waals surface area contributed by atoms with E-state index in [4.69, 9.17) is 4.74 Å². The molecule has 1 fully saturated rings. The van der Waals surface area contributed by atoms with Crippen molar-refractivity contribution in [3.8, 4) is 0 Å². The van der Waals surface area contributed by atoms with Crippen LogP contribution in [0, 0.1) is 0 Å². The summed E-state index contributed by atoms with van der Waals surface area (Å²) >= 11 is 0. The Morgan fingerprint density at radius 1 is 1.25 bits per heavy atom. The van der Waals surface area contributed by atoms with Gasteiger partial charge in [-0.15, -0.1) is 0 Å². The van der Waals surface area contributed by atoms with E-state index in [9.17, 15) is 4.79 Å². The zero-order valence-electron chi connectivity index (χ0n) is 11.9. The molecule has 0 aromatic rings. The summed E-state index contributed by atoms with van der Waals surface area (Å²) in [5.74, 6) is 0.180. The van der Waals surface area contributed by atoms with E-state index in [1.54, 1.807) is 14.0 Å². The van der Waals surface area contributed by atoms with Crippen molar-refractivity contribution in [3.05, 3.63) is 0 Å². The maximum atomic E-state index is 10.9. The molecular formula is C13H29NO2. The number of hydrogen-bond donors (Lipinski definition) is 0. The average Bonchev–Trinajstić information content (AvgIpc) is 2.33. The molecule has 1 amide bonds. The average molecular weight is 231 g/mol. The Bertz CT molecular complexity index is 152. The first-order valence-electron chi connectivity index (χ1n) is 6.43. The molecule has 0 saturated carbocycles. The van der Waals surface area contributed by atoms with Crippen molar-refractivity contribution >= 4 is 5.91 Å². The Morgan fingerprint density at radius 2 is 1.62 bits per heavy atom. The normalized spacial score (nSPS) is 15.5. The molecule has 3 heteroatoms. The summed E-state index contributed by atoms with van der Waals surface area (Å²) < 4.78 is 5.18. The molecule has 1 aliphatic rings. The molecule has 0 aromatic carbocycles. The predicted molar refractivity (Wildman–Crippen MR) is 69.6 cm³/mol. The molecule has 1 aliphatic heterocycles. The molecule has 1 heterocycles. The van der Waals surface area contributed by atoms with Crippen LogP contribution in [-0.2, 0) is 9.53 Å². The topological polar surface area (TPSA) is 29.5 Å². The summed E-state index contributed by atoms with van der Waals surface area (Å²) in [7, 11) is 1.73. The Kier molecular flexibility index (Phi) is 13.9. The van der Waals surface area contributed by atoms with E-state index < -0.39 is 0 Å². The van der Waals surface area contributed by atoms with Crippen LogP contribution in [-0.4, -0.2) is 37.1 Å². The largest absolute Gasteiger partial charge is 0.381 e. The highest BCUT2D eigenvalue weighted by molar-refractivity contribution is 5.73. The van der Waals surface area contributed by atoms with E-state index >= 15 is 0 Å². The number of carbonyl (C=O) groups excluding carboxylic acids is 1. The monoisotopic (exact) mass is 231 g/mol. The number of piperidine rings is 1. The summed E-state index contributed by atoms with van der Waals surface area (Å²) in [5, 5.41) is 0. The van der Waals surface area contributed by atoms with Crippen LogP contribution in [0.25, 0.3) is 0 Å². The van der Waals surface area contributed by atoms with Crippen LogP contribution in [0.4, 0.5) is 0 Å². The molecule has 0 bridgehead atoms. The second kappa shape index (κ2) is 12.5. The van der Waals surface area contributed by atoms with Crippen LogP contribution in [0.5, 0.6) is 0 Å². The van der Waals surface area contributed by atoms with Crippen LogP contribution in [0.1, 0.15) is 53.9 Å². The number of rotatable bonds is 1. The van der Waals surface area contributed by atoms with Crippen LogP contribution in [0.3, 0.4) is 0 Å². The lowest BCUT2D eigenvalue weighted by molar-refractivity contribution is -0.131. The molecule has 1 saturated heterocycles. The number of likely N-dealkylation sites (tertiary alicyclic amines) is 1. The molecule has 16 heavy (non-hydrogen) atoms. The number of methoxy groups -OCH3 is 1. The molecular weight excluding hydrogens is 202 g/mol. The van der Waals surface area contributed by atoms with Gasteiger partial charge in [0.05, 0.1) is 6.10 Å². The molecule has 98 valence electrons. The Labute approximate surface area is 101 Å². The van der Waals surface area contributed by atoms with Gasteiger partial charge in [-0.2, -0.15) is 0 Å². The Hall–Kier alpha value is -0.570. The lowest BCUT2D eigenvalue weighted by atomic mass is 10.1. The molecule has 1 rings (SSSR count). The highest BCUT2D eigenvalue weighted by atomic mass is 16.5. The third-order valence-corrected chi connectivity index (χ3v) is 2.22. The maximum absolute atomic E-state index is 10.9. The fourth-order valence-corrected chi connectivity index (χ4v) is 1.41. The Morgan fingerprint density at radius 3 is 1.88 bits per heavy atom. The SMILES string of the molecule is CC.CCC.COC1CCN(C(C)=O)CC1. The van der Waals surface area contributed by atoms with Crippen molar-refractivity contribution in [2.75, 3.05) is 20.2 Å². The second-order valence-corrected chi connectivity index (χ2v) is 3.65. The fourth-order valence-electron chi connectivity index (χ4n) is 1.41. The van der Waals surface area contributed by atoms with Gasteiger partial charge in [0.15, 0.2) is 0 Å². The molecule has 0 radical (unpaired) electrons. The van der Waals surface area contributed by atoms with Crippen molar-refractivity contribution in [1.82, 2.24) is 4.90 Å². The minimum Gasteiger partial charge on any atom is -0.381 e. The van der Waals surface area contributed by atoms with Gasteiger partial charge in [-0.25, -0.2) is 0 Å². The Balaban J connectivity index is 0. The van der Waals surface area contributed by atoms with E-state index in [-0.39, 0.29) is 5.91 Å². The number of hydrogen-bond acceptors (Lipinski definition) is 2. The highest BCUT2D eigenvalue weighted by Crippen LogP contribution is 2.12. The van der Waals surface area contributed by atoms with E-state index in [1.165, 1.54) is 6.42 Å². The number of nitrogens with zero attached hydrogens (tertiary/aromatic N) is 1. The van der Waals surface area contributed by atoms with Gasteiger partial charge < -0.3 is 9.64 Å². The van der Waals surface area contributed by atoms with Crippen molar-refractivity contribution in [1.29, 1.82) is 0 Å². The minimum absolute atomic E-state index is 0.180. The third kappa shape index (κ3) is 8.72. The molecule has 0 N–H and O–H groups in total. The predicted octanol–water partition coefficient (Wildman–Crippen LogP) is 3.09. The molecule has 0 atom stereocenters. The van der Waals surface area contributed by atoms with Crippen LogP contribution >= 0.6 is 0 Å². The van der Waals surface area contributed by atoms with E-state index in [0.717, 1.165) is 25.9 Å². The van der Waals surface area contributed by atoms with Crippen LogP contribution in [0.15, 0.2) is 0 Å². The molecule has 0 aromatic heterocycles. The van der Waals surface area contributed by atoms with Crippen molar-refractivity contribution in [3.63, 3.8) is 0 Å². The lowest BCUT2D eigenvalue weighted by Crippen LogP contribution is -2.39. The van der Waals surface area contributed by atoms with Gasteiger partial charge in [0.25, 0.3) is 0 Å². The first-order chi connectivity index (χ1) is 7.65. The highest BCUT2D eigenvalue weighted by Gasteiger charge is 2.19. The minimum atomic E-state index is 0.180. The van der Waals surface area contributed by atoms with Crippen molar-refractivity contribution in [2.24, 2.45) is 0 Å². The van der Waals surface area contributed by atoms with Crippen LogP contribution in [0.2, 0.25) is 0 Å². The van der Waals surface area contributed by atoms with Gasteiger partial charge in [-0.05, 0) is 12.8 Å². The zero-order chi connectivity index (χ0) is 13.0. The fraction of sp³-hybridized carbons (Fsp3) is 0.923. The second-order valence-electron chi connectivity index (χ2n) is 3.65. The van der Waals surface area contributed by atoms with Gasteiger partial charge in [-0.1, -0.05) is 34.1 Å². The first-order valence-corrected chi connectivity index (χ1v) is 6.43. The quantitative estimate of drug-likeness (QED) is 0.694. The van der Waals surface area contributed by atoms with E-state index in [2.05, 4.69) is 13.8 Å². The lowest BCUT2D eigenvalue weighted by Gasteiger charge is -2.30. The molecule has 0 spiro atoms. The molecule has 3 nitrogen and oxygen atoms in total. The summed E-state index contributed by atoms with van der Waals surface area (Å²) in [6.07, 6.45) is 3.58. The molecule has 0 aliphatic carbocycles. The van der Waals surface area contributed by atoms with Gasteiger partial charge >= 0.3 is 0 Å². The summed E-state index contributed by atoms with van der Waals surface area (Å²) in [6.45, 7) is 11.6. The summed E-state index contributed by atoms with van der Waals surface area (Å²) in [6, 6.07) is 0. The van der Waals surface area contributed by atoms with Crippen molar-refractivity contribution < 1.29 is 9.53 Å². The smallest absolute Gasteiger partial charge is 0.219 e. The summed E-state index contributed by atoms with van der Waals surface area (Å²) in [4.78, 5) is 12.7. The van der Waals surface area contributed by atoms with Crippen molar-refractivity contribution in [2.45, 2.75) is 60.0 Å². The van der Waals surface area contributed by atoms with Gasteiger partial charge in [0.1, 0.15) is 0 Å². The van der Waals surface area contributed by atoms with Gasteiger partial charge in [0, 0.05) is 27.1 Å². The van der Waals surface area contributed by atoms with E-state index in [1.807, 2.05) is 18.7 Å². The number of amides is 1. The first kappa shape index (κ1) is 17.8. The number of carbonyl (C=O) groups is 1.